The molecule has 0 bridgehead atoms. The average Bonchev–Trinajstić information content (AvgIpc) is 2.96. The first-order valence-electron chi connectivity index (χ1n) is 12.4. The minimum Gasteiger partial charge on any atom is -0.493 e. The maximum atomic E-state index is 13.5. The van der Waals surface area contributed by atoms with Crippen LogP contribution in [-0.2, 0) is 21.4 Å². The number of rotatable bonds is 11. The molecule has 0 fully saturated rings. The van der Waals surface area contributed by atoms with Crippen molar-refractivity contribution in [2.75, 3.05) is 18.0 Å². The molecule has 0 aliphatic carbocycles. The summed E-state index contributed by atoms with van der Waals surface area (Å²) >= 11 is 9.83. The van der Waals surface area contributed by atoms with Crippen LogP contribution in [0.2, 0.25) is 5.02 Å². The van der Waals surface area contributed by atoms with Crippen molar-refractivity contribution in [1.29, 1.82) is 0 Å². The fourth-order valence-electron chi connectivity index (χ4n) is 3.82. The zero-order valence-electron chi connectivity index (χ0n) is 22.3. The number of hydrazone groups is 1. The first kappa shape index (κ1) is 30.1. The number of halogens is 2. The van der Waals surface area contributed by atoms with E-state index in [9.17, 15) is 13.2 Å². The Morgan fingerprint density at radius 1 is 1.02 bits per heavy atom. The molecule has 8 nitrogen and oxygen atoms in total. The molecule has 212 valence electrons. The van der Waals surface area contributed by atoms with Gasteiger partial charge in [0.2, 0.25) is 0 Å². The summed E-state index contributed by atoms with van der Waals surface area (Å²) < 4.78 is 40.1. The molecule has 4 aromatic carbocycles. The molecule has 11 heteroatoms. The zero-order chi connectivity index (χ0) is 29.4. The molecular weight excluding hydrogens is 630 g/mol. The third kappa shape index (κ3) is 7.66. The number of aryl methyl sites for hydroxylation is 1. The van der Waals surface area contributed by atoms with Crippen molar-refractivity contribution in [3.63, 3.8) is 0 Å². The molecule has 4 aromatic rings. The molecule has 0 unspecified atom stereocenters. The van der Waals surface area contributed by atoms with Crippen molar-refractivity contribution in [3.8, 4) is 11.5 Å². The van der Waals surface area contributed by atoms with E-state index in [-0.39, 0.29) is 15.6 Å². The number of hydrogen-bond donors (Lipinski definition) is 1. The van der Waals surface area contributed by atoms with Gasteiger partial charge in [-0.2, -0.15) is 5.10 Å². The Morgan fingerprint density at radius 2 is 1.71 bits per heavy atom. The number of nitrogens with zero attached hydrogens (tertiary/aromatic N) is 2. The summed E-state index contributed by atoms with van der Waals surface area (Å²) in [7, 11) is -2.59. The monoisotopic (exact) mass is 655 g/mol. The Labute approximate surface area is 252 Å². The number of nitrogens with one attached hydrogen (secondary N) is 1. The topological polar surface area (TPSA) is 97.3 Å². The van der Waals surface area contributed by atoms with Crippen LogP contribution in [0.1, 0.15) is 16.7 Å². The number of ether oxygens (including phenoxy) is 2. The highest BCUT2D eigenvalue weighted by molar-refractivity contribution is 9.10. The van der Waals surface area contributed by atoms with E-state index in [1.165, 1.54) is 31.5 Å². The molecule has 4 rings (SSSR count). The van der Waals surface area contributed by atoms with E-state index in [0.717, 1.165) is 15.4 Å². The van der Waals surface area contributed by atoms with Crippen LogP contribution >= 0.6 is 27.5 Å². The van der Waals surface area contributed by atoms with Crippen LogP contribution in [0.3, 0.4) is 0 Å². The molecule has 0 saturated heterocycles. The third-order valence-corrected chi connectivity index (χ3v) is 8.58. The molecule has 0 aliphatic heterocycles. The summed E-state index contributed by atoms with van der Waals surface area (Å²) in [6.07, 6.45) is 1.42. The van der Waals surface area contributed by atoms with Crippen molar-refractivity contribution in [1.82, 2.24) is 5.43 Å². The molecule has 41 heavy (non-hydrogen) atoms. The number of carbonyl (C=O) groups excluding carboxylic acids is 1. The number of para-hydroxylation sites is 1. The predicted molar refractivity (Wildman–Crippen MR) is 164 cm³/mol. The van der Waals surface area contributed by atoms with Crippen LogP contribution < -0.4 is 19.2 Å². The Hall–Kier alpha value is -3.86. The van der Waals surface area contributed by atoms with Gasteiger partial charge in [0, 0.05) is 0 Å². The lowest BCUT2D eigenvalue weighted by molar-refractivity contribution is -0.119. The molecule has 0 aliphatic rings. The van der Waals surface area contributed by atoms with Crippen LogP contribution in [0.25, 0.3) is 0 Å². The Bertz CT molecular complexity index is 1650. The van der Waals surface area contributed by atoms with Gasteiger partial charge in [0.15, 0.2) is 11.5 Å². The minimum atomic E-state index is -4.11. The van der Waals surface area contributed by atoms with Crippen LogP contribution in [0.5, 0.6) is 11.5 Å². The van der Waals surface area contributed by atoms with Crippen LogP contribution in [0, 0.1) is 6.92 Å². The summed E-state index contributed by atoms with van der Waals surface area (Å²) in [4.78, 5) is 12.9. The van der Waals surface area contributed by atoms with Gasteiger partial charge >= 0.3 is 0 Å². The second kappa shape index (κ2) is 13.7. The van der Waals surface area contributed by atoms with Crippen LogP contribution in [0.4, 0.5) is 5.69 Å². The van der Waals surface area contributed by atoms with Crippen molar-refractivity contribution >= 4 is 55.4 Å². The van der Waals surface area contributed by atoms with E-state index in [2.05, 4.69) is 26.5 Å². The average molecular weight is 657 g/mol. The molecule has 0 spiro atoms. The highest BCUT2D eigenvalue weighted by Crippen LogP contribution is 2.37. The highest BCUT2D eigenvalue weighted by atomic mass is 79.9. The Morgan fingerprint density at radius 3 is 2.39 bits per heavy atom. The van der Waals surface area contributed by atoms with Gasteiger partial charge in [-0.25, -0.2) is 13.8 Å². The largest absolute Gasteiger partial charge is 0.493 e. The van der Waals surface area contributed by atoms with E-state index in [0.29, 0.717) is 28.1 Å². The number of hydrogen-bond acceptors (Lipinski definition) is 6. The van der Waals surface area contributed by atoms with E-state index in [1.54, 1.807) is 42.5 Å². The third-order valence-electron chi connectivity index (χ3n) is 5.90. The molecule has 1 N–H and O–H groups in total. The van der Waals surface area contributed by atoms with Crippen molar-refractivity contribution in [3.05, 3.63) is 117 Å². The van der Waals surface area contributed by atoms with Gasteiger partial charge in [0.25, 0.3) is 15.9 Å². The number of amides is 1. The quantitative estimate of drug-likeness (QED) is 0.150. The van der Waals surface area contributed by atoms with Crippen molar-refractivity contribution in [2.45, 2.75) is 18.4 Å². The molecule has 0 saturated carbocycles. The fraction of sp³-hybridized carbons (Fsp3) is 0.133. The second-order valence-electron chi connectivity index (χ2n) is 8.88. The predicted octanol–water partition coefficient (Wildman–Crippen LogP) is 6.34. The van der Waals surface area contributed by atoms with E-state index in [1.807, 2.05) is 37.3 Å². The van der Waals surface area contributed by atoms with Crippen molar-refractivity contribution < 1.29 is 22.7 Å². The molecule has 0 aromatic heterocycles. The Kier molecular flexibility index (Phi) is 10.0. The molecule has 1 amide bonds. The van der Waals surface area contributed by atoms with Crippen molar-refractivity contribution in [2.24, 2.45) is 5.10 Å². The smallest absolute Gasteiger partial charge is 0.264 e. The van der Waals surface area contributed by atoms with E-state index in [4.69, 9.17) is 21.1 Å². The zero-order valence-corrected chi connectivity index (χ0v) is 25.4. The molecule has 0 heterocycles. The van der Waals surface area contributed by atoms with Crippen LogP contribution in [-0.4, -0.2) is 34.2 Å². The minimum absolute atomic E-state index is 0.0332. The lowest BCUT2D eigenvalue weighted by Gasteiger charge is -2.24. The molecular formula is C30H27BrClN3O5S. The highest BCUT2D eigenvalue weighted by Gasteiger charge is 2.28. The number of carbonyl (C=O) groups is 1. The summed E-state index contributed by atoms with van der Waals surface area (Å²) in [6.45, 7) is 1.66. The van der Waals surface area contributed by atoms with Gasteiger partial charge in [0.1, 0.15) is 13.2 Å². The normalized spacial score (nSPS) is 11.3. The van der Waals surface area contributed by atoms with Gasteiger partial charge in [-0.15, -0.1) is 0 Å². The standard InChI is InChI=1S/C30H27BrClN3O5S/c1-21-12-14-24(15-13-21)41(37,38)35(27-11-7-6-10-26(27)32)19-29(36)34-33-18-23-16-25(31)30(28(17-23)39-2)40-20-22-8-4-3-5-9-22/h3-18H,19-20H2,1-2H3,(H,34,36)/b33-18-. The van der Waals surface area contributed by atoms with Gasteiger partial charge in [-0.05, 0) is 70.4 Å². The maximum Gasteiger partial charge on any atom is 0.264 e. The first-order chi connectivity index (χ1) is 19.7. The van der Waals surface area contributed by atoms with Gasteiger partial charge in [-0.3, -0.25) is 9.10 Å². The van der Waals surface area contributed by atoms with Gasteiger partial charge in [0.05, 0.1) is 33.4 Å². The lowest BCUT2D eigenvalue weighted by Crippen LogP contribution is -2.39. The summed E-state index contributed by atoms with van der Waals surface area (Å²) in [6, 6.07) is 26.0. The Balaban J connectivity index is 1.50. The molecule has 0 atom stereocenters. The second-order valence-corrected chi connectivity index (χ2v) is 12.0. The van der Waals surface area contributed by atoms with E-state index < -0.39 is 22.5 Å². The maximum absolute atomic E-state index is 13.5. The number of methoxy groups -OCH3 is 1. The summed E-state index contributed by atoms with van der Waals surface area (Å²) in [5, 5.41) is 4.21. The van der Waals surface area contributed by atoms with Gasteiger partial charge < -0.3 is 9.47 Å². The lowest BCUT2D eigenvalue weighted by atomic mass is 10.2. The van der Waals surface area contributed by atoms with Gasteiger partial charge in [-0.1, -0.05) is 71.8 Å². The number of sulfonamides is 1. The fourth-order valence-corrected chi connectivity index (χ4v) is 6.12. The molecule has 0 radical (unpaired) electrons. The van der Waals surface area contributed by atoms with Crippen LogP contribution in [0.15, 0.2) is 105 Å². The summed E-state index contributed by atoms with van der Waals surface area (Å²) in [5.74, 6) is 0.331. The summed E-state index contributed by atoms with van der Waals surface area (Å²) in [5.41, 5.74) is 5.08. The van der Waals surface area contributed by atoms with E-state index >= 15 is 0 Å². The first-order valence-corrected chi connectivity index (χ1v) is 15.0. The number of anilines is 1. The SMILES string of the molecule is COc1cc(/C=N\NC(=O)CN(c2ccccc2Cl)S(=O)(=O)c2ccc(C)cc2)cc(Br)c1OCc1ccccc1. The number of benzene rings is 4.